The number of anilines is 1. The molecule has 0 radical (unpaired) electrons. The third-order valence-corrected chi connectivity index (χ3v) is 4.05. The molecular weight excluding hydrogens is 282 g/mol. The van der Waals surface area contributed by atoms with Crippen molar-refractivity contribution in [1.29, 1.82) is 0 Å². The molecule has 0 aliphatic heterocycles. The van der Waals surface area contributed by atoms with Gasteiger partial charge in [0.2, 0.25) is 5.89 Å². The number of aromatic nitrogens is 2. The number of benzene rings is 1. The molecule has 102 valence electrons. The summed E-state index contributed by atoms with van der Waals surface area (Å²) in [4.78, 5) is 5.31. The Morgan fingerprint density at radius 1 is 1.42 bits per heavy atom. The van der Waals surface area contributed by atoms with Crippen molar-refractivity contribution in [3.63, 3.8) is 0 Å². The highest BCUT2D eigenvalue weighted by Gasteiger charge is 2.08. The molecule has 0 bridgehead atoms. The molecule has 2 rings (SSSR count). The van der Waals surface area contributed by atoms with Gasteiger partial charge in [-0.2, -0.15) is 4.98 Å². The molecule has 2 aromatic rings. The lowest BCUT2D eigenvalue weighted by molar-refractivity contribution is 0.384. The SMILES string of the molecule is CCCCc1noc(CSc2ccc(N)cc2Cl)n1. The second-order valence-corrected chi connectivity index (χ2v) is 5.61. The molecule has 0 aliphatic rings. The number of nitrogens with two attached hydrogens (primary N) is 1. The van der Waals surface area contributed by atoms with E-state index in [9.17, 15) is 0 Å². The van der Waals surface area contributed by atoms with Gasteiger partial charge in [0.1, 0.15) is 0 Å². The monoisotopic (exact) mass is 297 g/mol. The van der Waals surface area contributed by atoms with Crippen LogP contribution >= 0.6 is 23.4 Å². The molecule has 0 aliphatic carbocycles. The Morgan fingerprint density at radius 2 is 2.26 bits per heavy atom. The van der Waals surface area contributed by atoms with Crippen LogP contribution in [-0.4, -0.2) is 10.1 Å². The number of nitrogen functional groups attached to an aromatic ring is 1. The van der Waals surface area contributed by atoms with E-state index in [2.05, 4.69) is 17.1 Å². The second kappa shape index (κ2) is 6.82. The first kappa shape index (κ1) is 14.2. The maximum Gasteiger partial charge on any atom is 0.237 e. The quantitative estimate of drug-likeness (QED) is 0.646. The zero-order valence-electron chi connectivity index (χ0n) is 10.7. The van der Waals surface area contributed by atoms with E-state index in [0.717, 1.165) is 30.0 Å². The molecule has 0 saturated carbocycles. The average molecular weight is 298 g/mol. The highest BCUT2D eigenvalue weighted by Crippen LogP contribution is 2.30. The van der Waals surface area contributed by atoms with Crippen LogP contribution in [0.25, 0.3) is 0 Å². The number of unbranched alkanes of at least 4 members (excludes halogenated alkanes) is 1. The van der Waals surface area contributed by atoms with Crippen LogP contribution in [0.15, 0.2) is 27.6 Å². The second-order valence-electron chi connectivity index (χ2n) is 4.19. The molecule has 0 atom stereocenters. The van der Waals surface area contributed by atoms with E-state index >= 15 is 0 Å². The van der Waals surface area contributed by atoms with Crippen LogP contribution in [0, 0.1) is 0 Å². The summed E-state index contributed by atoms with van der Waals surface area (Å²) in [6.45, 7) is 2.14. The standard InChI is InChI=1S/C13H16ClN3OS/c1-2-3-4-12-16-13(18-17-12)8-19-11-6-5-9(15)7-10(11)14/h5-7H,2-4,8,15H2,1H3. The first-order valence-corrected chi connectivity index (χ1v) is 7.54. The summed E-state index contributed by atoms with van der Waals surface area (Å²) in [5.41, 5.74) is 6.31. The minimum atomic E-state index is 0.614. The van der Waals surface area contributed by atoms with Crippen molar-refractivity contribution in [1.82, 2.24) is 10.1 Å². The van der Waals surface area contributed by atoms with Gasteiger partial charge in [0.05, 0.1) is 10.8 Å². The third kappa shape index (κ3) is 4.14. The minimum Gasteiger partial charge on any atom is -0.399 e. The van der Waals surface area contributed by atoms with E-state index in [1.165, 1.54) is 0 Å². The number of rotatable bonds is 6. The van der Waals surface area contributed by atoms with E-state index in [0.29, 0.717) is 22.4 Å². The van der Waals surface area contributed by atoms with Crippen LogP contribution in [0.2, 0.25) is 5.02 Å². The summed E-state index contributed by atoms with van der Waals surface area (Å²) in [7, 11) is 0. The molecule has 19 heavy (non-hydrogen) atoms. The van der Waals surface area contributed by atoms with Gasteiger partial charge in [-0.05, 0) is 24.6 Å². The van der Waals surface area contributed by atoms with Crippen molar-refractivity contribution in [2.24, 2.45) is 0 Å². The lowest BCUT2D eigenvalue weighted by Crippen LogP contribution is -1.88. The number of hydrogen-bond donors (Lipinski definition) is 1. The normalized spacial score (nSPS) is 10.8. The Balaban J connectivity index is 1.92. The Morgan fingerprint density at radius 3 is 3.00 bits per heavy atom. The van der Waals surface area contributed by atoms with Gasteiger partial charge in [0, 0.05) is 17.0 Å². The van der Waals surface area contributed by atoms with Crippen LogP contribution in [0.1, 0.15) is 31.5 Å². The summed E-state index contributed by atoms with van der Waals surface area (Å²) < 4.78 is 5.20. The van der Waals surface area contributed by atoms with E-state index in [1.807, 2.05) is 12.1 Å². The van der Waals surface area contributed by atoms with Crippen molar-refractivity contribution >= 4 is 29.1 Å². The lowest BCUT2D eigenvalue weighted by atomic mass is 10.2. The minimum absolute atomic E-state index is 0.614. The fourth-order valence-electron chi connectivity index (χ4n) is 1.56. The molecule has 2 N–H and O–H groups in total. The summed E-state index contributed by atoms with van der Waals surface area (Å²) in [6, 6.07) is 5.47. The molecule has 4 nitrogen and oxygen atoms in total. The van der Waals surface area contributed by atoms with Gasteiger partial charge in [-0.3, -0.25) is 0 Å². The molecule has 0 fully saturated rings. The molecule has 1 heterocycles. The van der Waals surface area contributed by atoms with Crippen LogP contribution < -0.4 is 5.73 Å². The third-order valence-electron chi connectivity index (χ3n) is 2.57. The molecule has 6 heteroatoms. The Bertz CT molecular complexity index is 544. The van der Waals surface area contributed by atoms with Crippen molar-refractivity contribution in [3.8, 4) is 0 Å². The zero-order valence-corrected chi connectivity index (χ0v) is 12.3. The van der Waals surface area contributed by atoms with E-state index in [-0.39, 0.29) is 0 Å². The Kier molecular flexibility index (Phi) is 5.10. The average Bonchev–Trinajstić information content (AvgIpc) is 2.83. The predicted octanol–water partition coefficient (Wildman–Crippen LogP) is 3.94. The molecule has 1 aromatic heterocycles. The molecule has 0 unspecified atom stereocenters. The number of thioether (sulfide) groups is 1. The highest BCUT2D eigenvalue weighted by molar-refractivity contribution is 7.98. The topological polar surface area (TPSA) is 64.9 Å². The first-order chi connectivity index (χ1) is 9.19. The van der Waals surface area contributed by atoms with Crippen LogP contribution in [0.4, 0.5) is 5.69 Å². The predicted molar refractivity (Wildman–Crippen MR) is 78.3 cm³/mol. The molecule has 0 amide bonds. The largest absolute Gasteiger partial charge is 0.399 e. The van der Waals surface area contributed by atoms with Crippen molar-refractivity contribution in [3.05, 3.63) is 34.9 Å². The van der Waals surface area contributed by atoms with E-state index in [1.54, 1.807) is 17.8 Å². The molecular formula is C13H16ClN3OS. The fourth-order valence-corrected chi connectivity index (χ4v) is 2.67. The van der Waals surface area contributed by atoms with Gasteiger partial charge < -0.3 is 10.3 Å². The van der Waals surface area contributed by atoms with Gasteiger partial charge in [0.15, 0.2) is 5.82 Å². The smallest absolute Gasteiger partial charge is 0.237 e. The summed E-state index contributed by atoms with van der Waals surface area (Å²) >= 11 is 7.66. The highest BCUT2D eigenvalue weighted by atomic mass is 35.5. The molecule has 1 aromatic carbocycles. The van der Waals surface area contributed by atoms with Crippen LogP contribution in [-0.2, 0) is 12.2 Å². The van der Waals surface area contributed by atoms with E-state index in [4.69, 9.17) is 21.9 Å². The maximum atomic E-state index is 6.10. The van der Waals surface area contributed by atoms with Crippen molar-refractivity contribution in [2.75, 3.05) is 5.73 Å². The maximum absolute atomic E-state index is 6.10. The Labute approximate surface area is 121 Å². The first-order valence-electron chi connectivity index (χ1n) is 6.18. The lowest BCUT2D eigenvalue weighted by Gasteiger charge is -2.02. The van der Waals surface area contributed by atoms with Gasteiger partial charge in [-0.15, -0.1) is 11.8 Å². The van der Waals surface area contributed by atoms with Gasteiger partial charge in [-0.25, -0.2) is 0 Å². The van der Waals surface area contributed by atoms with Crippen LogP contribution in [0.5, 0.6) is 0 Å². The summed E-state index contributed by atoms with van der Waals surface area (Å²) in [6.07, 6.45) is 3.07. The number of halogens is 1. The van der Waals surface area contributed by atoms with Gasteiger partial charge in [-0.1, -0.05) is 30.1 Å². The molecule has 0 spiro atoms. The number of nitrogens with zero attached hydrogens (tertiary/aromatic N) is 2. The van der Waals surface area contributed by atoms with E-state index < -0.39 is 0 Å². The van der Waals surface area contributed by atoms with Crippen LogP contribution in [0.3, 0.4) is 0 Å². The zero-order chi connectivity index (χ0) is 13.7. The summed E-state index contributed by atoms with van der Waals surface area (Å²) in [5.74, 6) is 2.02. The van der Waals surface area contributed by atoms with Crippen molar-refractivity contribution < 1.29 is 4.52 Å². The Hall–Kier alpha value is -1.20. The van der Waals surface area contributed by atoms with Gasteiger partial charge in [0.25, 0.3) is 0 Å². The van der Waals surface area contributed by atoms with Gasteiger partial charge >= 0.3 is 0 Å². The number of hydrogen-bond acceptors (Lipinski definition) is 5. The molecule has 0 saturated heterocycles. The number of aryl methyl sites for hydroxylation is 1. The van der Waals surface area contributed by atoms with Crippen molar-refractivity contribution in [2.45, 2.75) is 36.8 Å². The summed E-state index contributed by atoms with van der Waals surface area (Å²) in [5, 5.41) is 4.60. The fraction of sp³-hybridized carbons (Fsp3) is 0.385.